The molecule has 2 rings (SSSR count). The van der Waals surface area contributed by atoms with Crippen LogP contribution in [0.1, 0.15) is 24.8 Å². The van der Waals surface area contributed by atoms with Crippen LogP contribution in [0.5, 0.6) is 5.75 Å². The van der Waals surface area contributed by atoms with E-state index in [2.05, 4.69) is 0 Å². The van der Waals surface area contributed by atoms with Crippen LogP contribution in [0.15, 0.2) is 18.2 Å². The number of hydrogen-bond acceptors (Lipinski definition) is 2. The molecule has 1 aliphatic carbocycles. The second-order valence-electron chi connectivity index (χ2n) is 4.13. The first-order valence-electron chi connectivity index (χ1n) is 5.44. The number of nitrogens with one attached hydrogen (secondary N) is 1. The Balaban J connectivity index is 2.12. The van der Waals surface area contributed by atoms with E-state index in [1.165, 1.54) is 19.3 Å². The van der Waals surface area contributed by atoms with E-state index in [1.807, 2.05) is 6.07 Å². The van der Waals surface area contributed by atoms with Crippen molar-refractivity contribution in [3.63, 3.8) is 0 Å². The molecule has 0 amide bonds. The fraction of sp³-hybridized carbons (Fsp3) is 0.417. The van der Waals surface area contributed by atoms with Gasteiger partial charge in [0.2, 0.25) is 0 Å². The van der Waals surface area contributed by atoms with Gasteiger partial charge in [-0.25, -0.2) is 0 Å². The van der Waals surface area contributed by atoms with E-state index in [0.717, 1.165) is 0 Å². The van der Waals surface area contributed by atoms with Gasteiger partial charge in [0, 0.05) is 0 Å². The van der Waals surface area contributed by atoms with Gasteiger partial charge in [0.15, 0.2) is 0 Å². The number of rotatable bonds is 4. The van der Waals surface area contributed by atoms with Crippen molar-refractivity contribution in [1.29, 1.82) is 5.41 Å². The third-order valence-electron chi connectivity index (χ3n) is 2.94. The summed E-state index contributed by atoms with van der Waals surface area (Å²) in [7, 11) is 0. The lowest BCUT2D eigenvalue weighted by atomic mass is 9.86. The molecule has 0 radical (unpaired) electrons. The molecule has 0 atom stereocenters. The highest BCUT2D eigenvalue weighted by Crippen LogP contribution is 2.30. The minimum absolute atomic E-state index is 0.0470. The SMILES string of the molecule is N=C(N)c1c(Cl)cccc1OCC1CCC1. The second kappa shape index (κ2) is 4.74. The fourth-order valence-corrected chi connectivity index (χ4v) is 2.02. The van der Waals surface area contributed by atoms with E-state index in [4.69, 9.17) is 27.5 Å². The molecule has 0 spiro atoms. The summed E-state index contributed by atoms with van der Waals surface area (Å²) in [6, 6.07) is 5.33. The summed E-state index contributed by atoms with van der Waals surface area (Å²) < 4.78 is 5.68. The third kappa shape index (κ3) is 2.30. The van der Waals surface area contributed by atoms with Crippen LogP contribution in [0, 0.1) is 11.3 Å². The number of ether oxygens (including phenoxy) is 1. The number of nitrogen functional groups attached to an aromatic ring is 1. The van der Waals surface area contributed by atoms with Gasteiger partial charge < -0.3 is 10.5 Å². The van der Waals surface area contributed by atoms with E-state index in [-0.39, 0.29) is 5.84 Å². The Morgan fingerprint density at radius 1 is 1.50 bits per heavy atom. The summed E-state index contributed by atoms with van der Waals surface area (Å²) in [5.74, 6) is 1.22. The standard InChI is InChI=1S/C12H15ClN2O/c13-9-5-2-6-10(11(9)12(14)15)16-7-8-3-1-4-8/h2,5-6,8H,1,3-4,7H2,(H3,14,15). The van der Waals surface area contributed by atoms with Gasteiger partial charge in [0.05, 0.1) is 17.2 Å². The number of halogens is 1. The lowest BCUT2D eigenvalue weighted by Crippen LogP contribution is -2.21. The number of nitrogens with two attached hydrogens (primary N) is 1. The zero-order valence-electron chi connectivity index (χ0n) is 9.00. The molecule has 16 heavy (non-hydrogen) atoms. The van der Waals surface area contributed by atoms with E-state index < -0.39 is 0 Å². The summed E-state index contributed by atoms with van der Waals surface area (Å²) in [5.41, 5.74) is 5.99. The van der Waals surface area contributed by atoms with E-state index in [0.29, 0.717) is 28.9 Å². The highest BCUT2D eigenvalue weighted by molar-refractivity contribution is 6.34. The Hall–Kier alpha value is -1.22. The minimum atomic E-state index is -0.0470. The molecule has 0 aliphatic heterocycles. The van der Waals surface area contributed by atoms with Gasteiger partial charge >= 0.3 is 0 Å². The van der Waals surface area contributed by atoms with Crippen molar-refractivity contribution in [2.45, 2.75) is 19.3 Å². The van der Waals surface area contributed by atoms with Gasteiger partial charge in [0.1, 0.15) is 11.6 Å². The average molecular weight is 239 g/mol. The molecule has 1 saturated carbocycles. The third-order valence-corrected chi connectivity index (χ3v) is 3.26. The molecule has 0 unspecified atom stereocenters. The van der Waals surface area contributed by atoms with Crippen molar-refractivity contribution in [3.8, 4) is 5.75 Å². The molecule has 3 N–H and O–H groups in total. The largest absolute Gasteiger partial charge is 0.492 e. The normalized spacial score (nSPS) is 15.6. The first-order valence-corrected chi connectivity index (χ1v) is 5.82. The zero-order valence-corrected chi connectivity index (χ0v) is 9.76. The van der Waals surface area contributed by atoms with Crippen molar-refractivity contribution >= 4 is 17.4 Å². The summed E-state index contributed by atoms with van der Waals surface area (Å²) in [5, 5.41) is 7.95. The quantitative estimate of drug-likeness (QED) is 0.626. The van der Waals surface area contributed by atoms with Crippen LogP contribution in [0.25, 0.3) is 0 Å². The second-order valence-corrected chi connectivity index (χ2v) is 4.54. The molecule has 1 aromatic carbocycles. The number of hydrogen-bond donors (Lipinski definition) is 2. The van der Waals surface area contributed by atoms with Crippen molar-refractivity contribution < 1.29 is 4.74 Å². The zero-order chi connectivity index (χ0) is 11.5. The molecule has 0 heterocycles. The molecule has 1 aliphatic rings. The average Bonchev–Trinajstić information content (AvgIpc) is 2.14. The molecular weight excluding hydrogens is 224 g/mol. The molecule has 86 valence electrons. The molecule has 0 bridgehead atoms. The van der Waals surface area contributed by atoms with Crippen LogP contribution >= 0.6 is 11.6 Å². The van der Waals surface area contributed by atoms with Crippen LogP contribution in [0.3, 0.4) is 0 Å². The van der Waals surface area contributed by atoms with Crippen molar-refractivity contribution in [2.75, 3.05) is 6.61 Å². The van der Waals surface area contributed by atoms with Gasteiger partial charge in [-0.1, -0.05) is 24.1 Å². The molecule has 0 aromatic heterocycles. The highest BCUT2D eigenvalue weighted by atomic mass is 35.5. The topological polar surface area (TPSA) is 59.1 Å². The lowest BCUT2D eigenvalue weighted by Gasteiger charge is -2.25. The van der Waals surface area contributed by atoms with E-state index in [9.17, 15) is 0 Å². The van der Waals surface area contributed by atoms with Crippen molar-refractivity contribution in [3.05, 3.63) is 28.8 Å². The summed E-state index contributed by atoms with van der Waals surface area (Å²) >= 11 is 5.99. The van der Waals surface area contributed by atoms with Crippen LogP contribution in [0.4, 0.5) is 0 Å². The van der Waals surface area contributed by atoms with E-state index in [1.54, 1.807) is 12.1 Å². The van der Waals surface area contributed by atoms with Gasteiger partial charge in [-0.15, -0.1) is 0 Å². The van der Waals surface area contributed by atoms with Crippen molar-refractivity contribution in [2.24, 2.45) is 11.7 Å². The molecule has 3 nitrogen and oxygen atoms in total. The minimum Gasteiger partial charge on any atom is -0.492 e. The smallest absolute Gasteiger partial charge is 0.131 e. The van der Waals surface area contributed by atoms with Crippen LogP contribution in [-0.4, -0.2) is 12.4 Å². The van der Waals surface area contributed by atoms with Crippen LogP contribution in [-0.2, 0) is 0 Å². The fourth-order valence-electron chi connectivity index (χ4n) is 1.75. The molecule has 1 aromatic rings. The summed E-state index contributed by atoms with van der Waals surface area (Å²) in [6.07, 6.45) is 3.76. The molecular formula is C12H15ClN2O. The Morgan fingerprint density at radius 2 is 2.25 bits per heavy atom. The molecule has 1 fully saturated rings. The number of benzene rings is 1. The van der Waals surface area contributed by atoms with Crippen LogP contribution < -0.4 is 10.5 Å². The predicted octanol–water partition coefficient (Wildman–Crippen LogP) is 2.80. The predicted molar refractivity (Wildman–Crippen MR) is 65.3 cm³/mol. The van der Waals surface area contributed by atoms with E-state index >= 15 is 0 Å². The molecule has 0 saturated heterocycles. The number of amidine groups is 1. The van der Waals surface area contributed by atoms with Crippen LogP contribution in [0.2, 0.25) is 5.02 Å². The monoisotopic (exact) mass is 238 g/mol. The maximum absolute atomic E-state index is 7.48. The maximum Gasteiger partial charge on any atom is 0.131 e. The van der Waals surface area contributed by atoms with Crippen molar-refractivity contribution in [1.82, 2.24) is 0 Å². The first kappa shape index (κ1) is 11.3. The first-order chi connectivity index (χ1) is 7.68. The van der Waals surface area contributed by atoms with Gasteiger partial charge in [-0.05, 0) is 30.9 Å². The summed E-state index contributed by atoms with van der Waals surface area (Å²) in [4.78, 5) is 0. The Kier molecular flexibility index (Phi) is 3.34. The lowest BCUT2D eigenvalue weighted by molar-refractivity contribution is 0.180. The Labute approximate surface area is 100 Å². The maximum atomic E-state index is 7.48. The Morgan fingerprint density at radius 3 is 2.81 bits per heavy atom. The van der Waals surface area contributed by atoms with Gasteiger partial charge in [-0.2, -0.15) is 0 Å². The summed E-state index contributed by atoms with van der Waals surface area (Å²) in [6.45, 7) is 0.695. The van der Waals surface area contributed by atoms with Gasteiger partial charge in [-0.3, -0.25) is 5.41 Å². The highest BCUT2D eigenvalue weighted by Gasteiger charge is 2.19. The Bertz CT molecular complexity index is 402. The van der Waals surface area contributed by atoms with Gasteiger partial charge in [0.25, 0.3) is 0 Å². The molecule has 4 heteroatoms.